The van der Waals surface area contributed by atoms with Crippen LogP contribution in [0.1, 0.15) is 37.0 Å². The maximum absolute atomic E-state index is 12.3. The van der Waals surface area contributed by atoms with Crippen LogP contribution in [0.3, 0.4) is 0 Å². The number of ketones is 1. The Balaban J connectivity index is 1.81. The number of nitrogens with zero attached hydrogens (tertiary/aromatic N) is 1. The molecule has 1 N–H and O–H groups in total. The van der Waals surface area contributed by atoms with Gasteiger partial charge in [0.1, 0.15) is 17.0 Å². The Hall–Kier alpha value is -3.10. The smallest absolute Gasteiger partial charge is 0.325 e. The monoisotopic (exact) mass is 392 g/mol. The van der Waals surface area contributed by atoms with Crippen molar-refractivity contribution >= 4 is 23.7 Å². The standard InChI is InChI=1S/C19H24N2O7/c1-19(2)17(24)21(18(25)20-19)9-5-6-16(23)28-11-14(22)13-8-7-12(26-3)10-15(13)27-4/h7-8,10H,5-6,9,11H2,1-4H3,(H,20,25). The first-order chi connectivity index (χ1) is 13.2. The van der Waals surface area contributed by atoms with Crippen LogP contribution in [0, 0.1) is 0 Å². The largest absolute Gasteiger partial charge is 0.497 e. The number of nitrogens with one attached hydrogen (secondary N) is 1. The third-order valence-corrected chi connectivity index (χ3v) is 4.28. The minimum Gasteiger partial charge on any atom is -0.497 e. The van der Waals surface area contributed by atoms with E-state index in [0.717, 1.165) is 4.90 Å². The molecule has 0 aliphatic carbocycles. The summed E-state index contributed by atoms with van der Waals surface area (Å²) in [5.41, 5.74) is -0.667. The van der Waals surface area contributed by atoms with E-state index in [0.29, 0.717) is 11.5 Å². The van der Waals surface area contributed by atoms with E-state index in [1.54, 1.807) is 26.0 Å². The molecule has 0 radical (unpaired) electrons. The van der Waals surface area contributed by atoms with E-state index < -0.39 is 29.9 Å². The molecule has 0 atom stereocenters. The van der Waals surface area contributed by atoms with Crippen molar-refractivity contribution in [2.45, 2.75) is 32.2 Å². The number of carbonyl (C=O) groups is 4. The average molecular weight is 392 g/mol. The number of hydrogen-bond acceptors (Lipinski definition) is 7. The molecule has 0 spiro atoms. The van der Waals surface area contributed by atoms with Gasteiger partial charge >= 0.3 is 12.0 Å². The molecular weight excluding hydrogens is 368 g/mol. The summed E-state index contributed by atoms with van der Waals surface area (Å²) < 4.78 is 15.2. The molecule has 0 saturated carbocycles. The zero-order valence-corrected chi connectivity index (χ0v) is 16.4. The van der Waals surface area contributed by atoms with Gasteiger partial charge in [0.2, 0.25) is 5.78 Å². The molecule has 1 saturated heterocycles. The Labute approximate surface area is 162 Å². The number of esters is 1. The summed E-state index contributed by atoms with van der Waals surface area (Å²) in [5.74, 6) is -0.487. The van der Waals surface area contributed by atoms with Crippen LogP contribution in [-0.4, -0.2) is 61.5 Å². The summed E-state index contributed by atoms with van der Waals surface area (Å²) in [6, 6.07) is 4.23. The number of rotatable bonds is 9. The predicted octanol–water partition coefficient (Wildman–Crippen LogP) is 1.54. The maximum Gasteiger partial charge on any atom is 0.325 e. The summed E-state index contributed by atoms with van der Waals surface area (Å²) in [7, 11) is 2.92. The molecule has 0 unspecified atom stereocenters. The first kappa shape index (κ1) is 21.2. The Bertz CT molecular complexity index is 788. The number of urea groups is 1. The van der Waals surface area contributed by atoms with Crippen LogP contribution in [0.2, 0.25) is 0 Å². The molecule has 1 heterocycles. The first-order valence-electron chi connectivity index (χ1n) is 8.74. The molecule has 28 heavy (non-hydrogen) atoms. The van der Waals surface area contributed by atoms with Crippen molar-refractivity contribution in [1.82, 2.24) is 10.2 Å². The van der Waals surface area contributed by atoms with E-state index in [4.69, 9.17) is 14.2 Å². The molecule has 3 amide bonds. The van der Waals surface area contributed by atoms with Crippen LogP contribution in [-0.2, 0) is 14.3 Å². The Morgan fingerprint density at radius 1 is 1.14 bits per heavy atom. The fourth-order valence-electron chi connectivity index (χ4n) is 2.73. The van der Waals surface area contributed by atoms with Gasteiger partial charge in [0.25, 0.3) is 5.91 Å². The van der Waals surface area contributed by atoms with Crippen molar-refractivity contribution in [2.24, 2.45) is 0 Å². The Morgan fingerprint density at radius 3 is 2.43 bits per heavy atom. The second-order valence-corrected chi connectivity index (χ2v) is 6.77. The summed E-state index contributed by atoms with van der Waals surface area (Å²) in [4.78, 5) is 49.0. The number of Topliss-reactive ketones (excluding diaryl/α,β-unsaturated/α-hetero) is 1. The number of benzene rings is 1. The number of amides is 3. The number of carbonyl (C=O) groups excluding carboxylic acids is 4. The van der Waals surface area contributed by atoms with Crippen molar-refractivity contribution < 1.29 is 33.4 Å². The van der Waals surface area contributed by atoms with Crippen LogP contribution in [0.5, 0.6) is 11.5 Å². The van der Waals surface area contributed by atoms with Crippen LogP contribution in [0.15, 0.2) is 18.2 Å². The van der Waals surface area contributed by atoms with Crippen LogP contribution >= 0.6 is 0 Å². The summed E-state index contributed by atoms with van der Waals surface area (Å²) in [5, 5.41) is 2.56. The third kappa shape index (κ3) is 4.79. The molecule has 1 fully saturated rings. The number of hydrogen-bond donors (Lipinski definition) is 1. The van der Waals surface area contributed by atoms with E-state index in [-0.39, 0.29) is 30.9 Å². The van der Waals surface area contributed by atoms with Crippen molar-refractivity contribution in [1.29, 1.82) is 0 Å². The highest BCUT2D eigenvalue weighted by molar-refractivity contribution is 6.06. The van der Waals surface area contributed by atoms with Gasteiger partial charge in [0, 0.05) is 19.0 Å². The lowest BCUT2D eigenvalue weighted by Gasteiger charge is -2.15. The maximum atomic E-state index is 12.3. The molecule has 9 heteroatoms. The van der Waals surface area contributed by atoms with Gasteiger partial charge in [-0.3, -0.25) is 19.3 Å². The average Bonchev–Trinajstić information content (AvgIpc) is 2.86. The third-order valence-electron chi connectivity index (χ3n) is 4.28. The highest BCUT2D eigenvalue weighted by Crippen LogP contribution is 2.25. The topological polar surface area (TPSA) is 111 Å². The van der Waals surface area contributed by atoms with Crippen LogP contribution < -0.4 is 14.8 Å². The van der Waals surface area contributed by atoms with E-state index in [2.05, 4.69) is 5.32 Å². The molecule has 1 aromatic rings. The van der Waals surface area contributed by atoms with Gasteiger partial charge in [-0.15, -0.1) is 0 Å². The molecule has 2 rings (SSSR count). The first-order valence-corrected chi connectivity index (χ1v) is 8.74. The highest BCUT2D eigenvalue weighted by atomic mass is 16.5. The van der Waals surface area contributed by atoms with Crippen LogP contribution in [0.25, 0.3) is 0 Å². The second-order valence-electron chi connectivity index (χ2n) is 6.77. The second kappa shape index (κ2) is 8.73. The van der Waals surface area contributed by atoms with Crippen molar-refractivity contribution in [3.8, 4) is 11.5 Å². The number of imide groups is 1. The molecule has 1 aromatic carbocycles. The van der Waals surface area contributed by atoms with Gasteiger partial charge in [-0.1, -0.05) is 0 Å². The minimum absolute atomic E-state index is 0.0233. The summed E-state index contributed by atoms with van der Waals surface area (Å²) in [6.45, 7) is 2.89. The van der Waals surface area contributed by atoms with Gasteiger partial charge < -0.3 is 19.5 Å². The highest BCUT2D eigenvalue weighted by Gasteiger charge is 2.43. The molecule has 152 valence electrons. The molecule has 0 aromatic heterocycles. The van der Waals surface area contributed by atoms with E-state index in [1.807, 2.05) is 0 Å². The fraction of sp³-hybridized carbons (Fsp3) is 0.474. The van der Waals surface area contributed by atoms with Gasteiger partial charge in [-0.25, -0.2) is 4.79 Å². The number of ether oxygens (including phenoxy) is 3. The molecule has 1 aliphatic rings. The quantitative estimate of drug-likeness (QED) is 0.385. The lowest BCUT2D eigenvalue weighted by atomic mass is 10.1. The fourth-order valence-corrected chi connectivity index (χ4v) is 2.73. The van der Waals surface area contributed by atoms with E-state index in [1.165, 1.54) is 20.3 Å². The summed E-state index contributed by atoms with van der Waals surface area (Å²) >= 11 is 0. The molecule has 9 nitrogen and oxygen atoms in total. The number of methoxy groups -OCH3 is 2. The SMILES string of the molecule is COc1ccc(C(=O)COC(=O)CCCN2C(=O)NC(C)(C)C2=O)c(OC)c1. The van der Waals surface area contributed by atoms with Gasteiger partial charge in [-0.2, -0.15) is 0 Å². The van der Waals surface area contributed by atoms with E-state index >= 15 is 0 Å². The predicted molar refractivity (Wildman–Crippen MR) is 98.4 cm³/mol. The van der Waals surface area contributed by atoms with Crippen LogP contribution in [0.4, 0.5) is 4.79 Å². The Kier molecular flexibility index (Phi) is 6.61. The lowest BCUT2D eigenvalue weighted by Crippen LogP contribution is -2.40. The van der Waals surface area contributed by atoms with Gasteiger partial charge in [0.15, 0.2) is 6.61 Å². The van der Waals surface area contributed by atoms with Crippen molar-refractivity contribution in [3.05, 3.63) is 23.8 Å². The molecular formula is C19H24N2O7. The van der Waals surface area contributed by atoms with Gasteiger partial charge in [0.05, 0.1) is 19.8 Å². The molecule has 1 aliphatic heterocycles. The zero-order chi connectivity index (χ0) is 20.9. The lowest BCUT2D eigenvalue weighted by molar-refractivity contribution is -0.143. The molecule has 0 bridgehead atoms. The van der Waals surface area contributed by atoms with Gasteiger partial charge in [-0.05, 0) is 32.4 Å². The zero-order valence-electron chi connectivity index (χ0n) is 16.4. The Morgan fingerprint density at radius 2 is 1.86 bits per heavy atom. The van der Waals surface area contributed by atoms with E-state index in [9.17, 15) is 19.2 Å². The van der Waals surface area contributed by atoms with Crippen molar-refractivity contribution in [2.75, 3.05) is 27.4 Å². The minimum atomic E-state index is -0.943. The normalized spacial score (nSPS) is 15.2. The summed E-state index contributed by atoms with van der Waals surface area (Å²) in [6.07, 6.45) is 0.221. The van der Waals surface area contributed by atoms with Crippen molar-refractivity contribution in [3.63, 3.8) is 0 Å².